The Balaban J connectivity index is 1.88. The molecule has 1 aliphatic rings. The third-order valence-electron chi connectivity index (χ3n) is 3.29. The number of carbonyl (C=O) groups excluding carboxylic acids is 1. The van der Waals surface area contributed by atoms with Gasteiger partial charge in [0.15, 0.2) is 0 Å². The molecule has 0 fully saturated rings. The quantitative estimate of drug-likeness (QED) is 0.703. The minimum atomic E-state index is -0.345. The second-order valence-corrected chi connectivity index (χ2v) is 5.15. The molecule has 1 aromatic rings. The van der Waals surface area contributed by atoms with Gasteiger partial charge >= 0.3 is 0 Å². The van der Waals surface area contributed by atoms with Gasteiger partial charge in [-0.05, 0) is 13.8 Å². The first-order valence-corrected chi connectivity index (χ1v) is 6.09. The van der Waals surface area contributed by atoms with Crippen LogP contribution in [0.3, 0.4) is 0 Å². The molecule has 2 rings (SSSR count). The number of methoxy groups -OCH3 is 1. The molecule has 1 atom stereocenters. The van der Waals surface area contributed by atoms with Crippen LogP contribution in [0.15, 0.2) is 6.33 Å². The summed E-state index contributed by atoms with van der Waals surface area (Å²) in [6.45, 7) is 5.02. The van der Waals surface area contributed by atoms with Gasteiger partial charge < -0.3 is 15.0 Å². The van der Waals surface area contributed by atoms with Gasteiger partial charge in [-0.3, -0.25) is 10.1 Å². The second-order valence-electron chi connectivity index (χ2n) is 5.15. The first kappa shape index (κ1) is 13.0. The molecule has 1 aromatic heterocycles. The minimum absolute atomic E-state index is 0.00576. The minimum Gasteiger partial charge on any atom is -0.377 e. The van der Waals surface area contributed by atoms with E-state index in [1.807, 2.05) is 13.8 Å². The molecule has 1 aliphatic heterocycles. The number of hydrogen-bond acceptors (Lipinski definition) is 4. The third-order valence-corrected chi connectivity index (χ3v) is 3.29. The fraction of sp³-hybridized carbons (Fsp3) is 0.667. The maximum atomic E-state index is 12.0. The summed E-state index contributed by atoms with van der Waals surface area (Å²) in [6.07, 6.45) is 2.29. The number of nitrogens with one attached hydrogen (secondary N) is 3. The zero-order valence-corrected chi connectivity index (χ0v) is 11.0. The zero-order valence-electron chi connectivity index (χ0n) is 11.0. The van der Waals surface area contributed by atoms with Crippen molar-refractivity contribution in [3.05, 3.63) is 17.7 Å². The van der Waals surface area contributed by atoms with Crippen molar-refractivity contribution in [2.24, 2.45) is 0 Å². The predicted molar refractivity (Wildman–Crippen MR) is 67.0 cm³/mol. The van der Waals surface area contributed by atoms with Crippen molar-refractivity contribution < 1.29 is 9.53 Å². The molecule has 3 N–H and O–H groups in total. The number of imidazole rings is 1. The molecule has 1 amide bonds. The summed E-state index contributed by atoms with van der Waals surface area (Å²) in [5, 5.41) is 6.09. The average molecular weight is 252 g/mol. The largest absolute Gasteiger partial charge is 0.377 e. The third kappa shape index (κ3) is 2.88. The first-order chi connectivity index (χ1) is 8.52. The molecule has 0 spiro atoms. The van der Waals surface area contributed by atoms with Gasteiger partial charge in [0.1, 0.15) is 0 Å². The molecule has 0 aromatic carbocycles. The second kappa shape index (κ2) is 5.07. The SMILES string of the molecule is COC(C)(C)CNC(=O)C1Cc2nc[nH]c2CN1. The molecule has 1 unspecified atom stereocenters. The van der Waals surface area contributed by atoms with E-state index in [1.165, 1.54) is 0 Å². The Hall–Kier alpha value is -1.40. The van der Waals surface area contributed by atoms with Gasteiger partial charge in [-0.1, -0.05) is 0 Å². The first-order valence-electron chi connectivity index (χ1n) is 6.09. The zero-order chi connectivity index (χ0) is 13.2. The lowest BCUT2D eigenvalue weighted by Gasteiger charge is -2.26. The fourth-order valence-corrected chi connectivity index (χ4v) is 1.85. The molecule has 18 heavy (non-hydrogen) atoms. The highest BCUT2D eigenvalue weighted by Crippen LogP contribution is 2.12. The summed E-state index contributed by atoms with van der Waals surface area (Å²) < 4.78 is 5.27. The smallest absolute Gasteiger partial charge is 0.237 e. The van der Waals surface area contributed by atoms with Crippen molar-refractivity contribution >= 4 is 5.91 Å². The van der Waals surface area contributed by atoms with Crippen LogP contribution in [-0.2, 0) is 22.5 Å². The Morgan fingerprint density at radius 2 is 2.44 bits per heavy atom. The van der Waals surface area contributed by atoms with Crippen LogP contribution in [-0.4, -0.2) is 41.2 Å². The Labute approximate surface area is 107 Å². The molecule has 0 saturated carbocycles. The van der Waals surface area contributed by atoms with Crippen molar-refractivity contribution in [1.82, 2.24) is 20.6 Å². The molecule has 0 saturated heterocycles. The van der Waals surface area contributed by atoms with Crippen LogP contribution in [0.4, 0.5) is 0 Å². The molecule has 0 bridgehead atoms. The number of nitrogens with zero attached hydrogens (tertiary/aromatic N) is 1. The van der Waals surface area contributed by atoms with Crippen LogP contribution in [0, 0.1) is 0 Å². The number of aromatic amines is 1. The fourth-order valence-electron chi connectivity index (χ4n) is 1.85. The Kier molecular flexibility index (Phi) is 3.68. The predicted octanol–water partition coefficient (Wildman–Crippen LogP) is -0.0348. The molecule has 0 aliphatic carbocycles. The van der Waals surface area contributed by atoms with Gasteiger partial charge in [-0.15, -0.1) is 0 Å². The summed E-state index contributed by atoms with van der Waals surface area (Å²) in [5.74, 6) is -0.00576. The van der Waals surface area contributed by atoms with Crippen molar-refractivity contribution in [1.29, 1.82) is 0 Å². The highest BCUT2D eigenvalue weighted by Gasteiger charge is 2.27. The highest BCUT2D eigenvalue weighted by atomic mass is 16.5. The maximum absolute atomic E-state index is 12.0. The summed E-state index contributed by atoms with van der Waals surface area (Å²) in [4.78, 5) is 19.3. The summed E-state index contributed by atoms with van der Waals surface area (Å²) in [7, 11) is 1.64. The summed E-state index contributed by atoms with van der Waals surface area (Å²) >= 11 is 0. The monoisotopic (exact) mass is 252 g/mol. The topological polar surface area (TPSA) is 79.0 Å². The molecule has 6 nitrogen and oxygen atoms in total. The van der Waals surface area contributed by atoms with E-state index in [9.17, 15) is 4.79 Å². The van der Waals surface area contributed by atoms with Crippen molar-refractivity contribution in [2.45, 2.75) is 38.5 Å². The van der Waals surface area contributed by atoms with Gasteiger partial charge in [0.2, 0.25) is 5.91 Å². The van der Waals surface area contributed by atoms with Crippen LogP contribution >= 0.6 is 0 Å². The Morgan fingerprint density at radius 3 is 3.17 bits per heavy atom. The van der Waals surface area contributed by atoms with Crippen molar-refractivity contribution in [3.8, 4) is 0 Å². The van der Waals surface area contributed by atoms with E-state index in [4.69, 9.17) is 4.74 Å². The van der Waals surface area contributed by atoms with E-state index in [1.54, 1.807) is 13.4 Å². The molecule has 2 heterocycles. The summed E-state index contributed by atoms with van der Waals surface area (Å²) in [5.41, 5.74) is 1.69. The molecule has 0 radical (unpaired) electrons. The lowest BCUT2D eigenvalue weighted by Crippen LogP contribution is -2.50. The lowest BCUT2D eigenvalue weighted by atomic mass is 10.0. The number of H-pyrrole nitrogens is 1. The maximum Gasteiger partial charge on any atom is 0.237 e. The van der Waals surface area contributed by atoms with Crippen LogP contribution < -0.4 is 10.6 Å². The number of ether oxygens (including phenoxy) is 1. The van der Waals surface area contributed by atoms with E-state index in [0.717, 1.165) is 11.4 Å². The number of aromatic nitrogens is 2. The van der Waals surface area contributed by atoms with Crippen molar-refractivity contribution in [3.63, 3.8) is 0 Å². The van der Waals surface area contributed by atoms with E-state index < -0.39 is 0 Å². The van der Waals surface area contributed by atoms with E-state index in [2.05, 4.69) is 20.6 Å². The number of rotatable bonds is 4. The summed E-state index contributed by atoms with van der Waals surface area (Å²) in [6, 6.07) is -0.214. The van der Waals surface area contributed by atoms with Gasteiger partial charge in [0, 0.05) is 26.6 Å². The van der Waals surface area contributed by atoms with Gasteiger partial charge in [-0.25, -0.2) is 4.98 Å². The van der Waals surface area contributed by atoms with Gasteiger partial charge in [0.05, 0.1) is 29.4 Å². The van der Waals surface area contributed by atoms with Crippen LogP contribution in [0.2, 0.25) is 0 Å². The molecule has 6 heteroatoms. The number of hydrogen-bond donors (Lipinski definition) is 3. The average Bonchev–Trinajstić information content (AvgIpc) is 2.83. The van der Waals surface area contributed by atoms with Gasteiger partial charge in [0.25, 0.3) is 0 Å². The Morgan fingerprint density at radius 1 is 1.67 bits per heavy atom. The van der Waals surface area contributed by atoms with E-state index >= 15 is 0 Å². The molecular weight excluding hydrogens is 232 g/mol. The van der Waals surface area contributed by atoms with Gasteiger partial charge in [-0.2, -0.15) is 0 Å². The standard InChI is InChI=1S/C12H20N4O2/c1-12(2,18-3)6-14-11(17)9-4-8-10(5-13-9)16-7-15-8/h7,9,13H,4-6H2,1-3H3,(H,14,17)(H,15,16). The van der Waals surface area contributed by atoms with Crippen LogP contribution in [0.1, 0.15) is 25.2 Å². The van der Waals surface area contributed by atoms with Crippen molar-refractivity contribution in [2.75, 3.05) is 13.7 Å². The lowest BCUT2D eigenvalue weighted by molar-refractivity contribution is -0.124. The van der Waals surface area contributed by atoms with E-state index in [-0.39, 0.29) is 17.6 Å². The highest BCUT2D eigenvalue weighted by molar-refractivity contribution is 5.82. The van der Waals surface area contributed by atoms with E-state index in [0.29, 0.717) is 19.5 Å². The normalized spacial score (nSPS) is 19.4. The Bertz CT molecular complexity index is 427. The van der Waals surface area contributed by atoms with Crippen LogP contribution in [0.25, 0.3) is 0 Å². The molecular formula is C12H20N4O2. The van der Waals surface area contributed by atoms with Crippen LogP contribution in [0.5, 0.6) is 0 Å². The number of carbonyl (C=O) groups is 1. The molecule has 100 valence electrons. The number of amides is 1. The number of fused-ring (bicyclic) bond motifs is 1.